The largest absolute Gasteiger partial charge is 0.310 e. The molecule has 0 radical (unpaired) electrons. The zero-order chi connectivity index (χ0) is 11.3. The van der Waals surface area contributed by atoms with Crippen LogP contribution >= 0.6 is 15.9 Å². The van der Waals surface area contributed by atoms with Crippen LogP contribution in [0.4, 0.5) is 0 Å². The Morgan fingerprint density at radius 3 is 2.80 bits per heavy atom. The van der Waals surface area contributed by atoms with Crippen LogP contribution < -0.4 is 5.32 Å². The van der Waals surface area contributed by atoms with Crippen LogP contribution in [0.5, 0.6) is 0 Å². The zero-order valence-corrected chi connectivity index (χ0v) is 11.0. The zero-order valence-electron chi connectivity index (χ0n) is 9.39. The lowest BCUT2D eigenvalue weighted by Gasteiger charge is -2.03. The molecule has 0 aliphatic carbocycles. The van der Waals surface area contributed by atoms with Crippen LogP contribution in [0.15, 0.2) is 4.47 Å². The van der Waals surface area contributed by atoms with Gasteiger partial charge in [-0.1, -0.05) is 0 Å². The first-order valence-corrected chi connectivity index (χ1v) is 5.74. The average Bonchev–Trinajstić information content (AvgIpc) is 2.44. The highest BCUT2D eigenvalue weighted by atomic mass is 79.9. The third kappa shape index (κ3) is 3.37. The van der Waals surface area contributed by atoms with E-state index in [1.807, 2.05) is 25.6 Å². The number of nitrogens with zero attached hydrogens (tertiary/aromatic N) is 2. The van der Waals surface area contributed by atoms with E-state index in [1.165, 1.54) is 5.69 Å². The minimum atomic E-state index is 0.823. The highest BCUT2D eigenvalue weighted by Gasteiger charge is 2.08. The minimum Gasteiger partial charge on any atom is -0.310 e. The van der Waals surface area contributed by atoms with E-state index in [2.05, 4.69) is 38.2 Å². The molecule has 1 rings (SSSR count). The van der Waals surface area contributed by atoms with Crippen molar-refractivity contribution in [2.75, 3.05) is 6.54 Å². The highest BCUT2D eigenvalue weighted by molar-refractivity contribution is 9.10. The fraction of sp³-hybridized carbons (Fsp3) is 0.545. The molecule has 1 aromatic heterocycles. The predicted molar refractivity (Wildman–Crippen MR) is 65.4 cm³/mol. The summed E-state index contributed by atoms with van der Waals surface area (Å²) in [5.74, 6) is 5.90. The topological polar surface area (TPSA) is 29.9 Å². The maximum absolute atomic E-state index is 4.33. The first-order chi connectivity index (χ1) is 7.16. The van der Waals surface area contributed by atoms with Gasteiger partial charge in [-0.15, -0.1) is 11.8 Å². The van der Waals surface area contributed by atoms with E-state index in [4.69, 9.17) is 0 Å². The molecule has 0 spiro atoms. The van der Waals surface area contributed by atoms with Crippen molar-refractivity contribution in [2.24, 2.45) is 7.05 Å². The number of hydrogen-bond donors (Lipinski definition) is 1. The van der Waals surface area contributed by atoms with Crippen molar-refractivity contribution in [3.8, 4) is 11.8 Å². The van der Waals surface area contributed by atoms with Crippen molar-refractivity contribution in [2.45, 2.75) is 26.8 Å². The Morgan fingerprint density at radius 2 is 2.27 bits per heavy atom. The van der Waals surface area contributed by atoms with Gasteiger partial charge in [-0.2, -0.15) is 5.10 Å². The van der Waals surface area contributed by atoms with Crippen LogP contribution in [0.3, 0.4) is 0 Å². The second kappa shape index (κ2) is 5.94. The van der Waals surface area contributed by atoms with Crippen molar-refractivity contribution in [1.29, 1.82) is 0 Å². The minimum absolute atomic E-state index is 0.823. The van der Waals surface area contributed by atoms with Gasteiger partial charge in [0.15, 0.2) is 0 Å². The molecule has 0 atom stereocenters. The Morgan fingerprint density at radius 1 is 1.53 bits per heavy atom. The first kappa shape index (κ1) is 12.3. The second-order valence-corrected chi connectivity index (χ2v) is 4.12. The molecule has 0 bridgehead atoms. The number of halogens is 1. The molecule has 3 nitrogen and oxygen atoms in total. The lowest BCUT2D eigenvalue weighted by molar-refractivity contribution is 0.629. The molecule has 82 valence electrons. The van der Waals surface area contributed by atoms with E-state index in [0.29, 0.717) is 0 Å². The Bertz CT molecular complexity index is 385. The Hall–Kier alpha value is -0.790. The van der Waals surface area contributed by atoms with Crippen LogP contribution in [0.2, 0.25) is 0 Å². The normalized spacial score (nSPS) is 9.87. The fourth-order valence-corrected chi connectivity index (χ4v) is 1.83. The SMILES string of the molecule is CC#CCCNCc1c(Br)c(C)nn1C. The molecule has 0 aromatic carbocycles. The predicted octanol–water partition coefficient (Wildman–Crippen LogP) is 1.99. The van der Waals surface area contributed by atoms with E-state index >= 15 is 0 Å². The molecule has 1 heterocycles. The summed E-state index contributed by atoms with van der Waals surface area (Å²) in [5.41, 5.74) is 2.21. The van der Waals surface area contributed by atoms with Gasteiger partial charge in [-0.05, 0) is 29.8 Å². The summed E-state index contributed by atoms with van der Waals surface area (Å²) in [6.07, 6.45) is 0.894. The molecular weight excluding hydrogens is 254 g/mol. The average molecular weight is 270 g/mol. The standard InChI is InChI=1S/C11H16BrN3/c1-4-5-6-7-13-8-10-11(12)9(2)14-15(10)3/h13H,6-8H2,1-3H3. The van der Waals surface area contributed by atoms with Crippen LogP contribution in [0.25, 0.3) is 0 Å². The van der Waals surface area contributed by atoms with Gasteiger partial charge in [-0.3, -0.25) is 4.68 Å². The monoisotopic (exact) mass is 269 g/mol. The van der Waals surface area contributed by atoms with Gasteiger partial charge >= 0.3 is 0 Å². The van der Waals surface area contributed by atoms with Gasteiger partial charge in [0.05, 0.1) is 15.9 Å². The number of aromatic nitrogens is 2. The van der Waals surface area contributed by atoms with Gasteiger partial charge in [0.25, 0.3) is 0 Å². The molecule has 4 heteroatoms. The van der Waals surface area contributed by atoms with E-state index in [9.17, 15) is 0 Å². The van der Waals surface area contributed by atoms with Crippen molar-refractivity contribution < 1.29 is 0 Å². The molecule has 15 heavy (non-hydrogen) atoms. The second-order valence-electron chi connectivity index (χ2n) is 3.32. The van der Waals surface area contributed by atoms with E-state index in [0.717, 1.165) is 29.7 Å². The van der Waals surface area contributed by atoms with Crippen molar-refractivity contribution in [1.82, 2.24) is 15.1 Å². The Kier molecular flexibility index (Phi) is 4.86. The molecule has 0 aliphatic rings. The third-order valence-corrected chi connectivity index (χ3v) is 3.19. The molecule has 0 unspecified atom stereocenters. The van der Waals surface area contributed by atoms with Crippen LogP contribution in [-0.4, -0.2) is 16.3 Å². The third-order valence-electron chi connectivity index (χ3n) is 2.16. The summed E-state index contributed by atoms with van der Waals surface area (Å²) in [7, 11) is 1.96. The first-order valence-electron chi connectivity index (χ1n) is 4.95. The molecule has 0 saturated heterocycles. The van der Waals surface area contributed by atoms with Gasteiger partial charge in [0.2, 0.25) is 0 Å². The lowest BCUT2D eigenvalue weighted by Crippen LogP contribution is -2.16. The van der Waals surface area contributed by atoms with Gasteiger partial charge in [0, 0.05) is 26.6 Å². The fourth-order valence-electron chi connectivity index (χ4n) is 1.35. The van der Waals surface area contributed by atoms with E-state index in [-0.39, 0.29) is 0 Å². The molecule has 0 fully saturated rings. The van der Waals surface area contributed by atoms with E-state index in [1.54, 1.807) is 0 Å². The molecule has 1 N–H and O–H groups in total. The summed E-state index contributed by atoms with van der Waals surface area (Å²) in [4.78, 5) is 0. The van der Waals surface area contributed by atoms with Gasteiger partial charge in [0.1, 0.15) is 0 Å². The molecule has 0 amide bonds. The van der Waals surface area contributed by atoms with Crippen molar-refractivity contribution in [3.05, 3.63) is 15.9 Å². The number of hydrogen-bond acceptors (Lipinski definition) is 2. The Labute approximate surface area is 99.4 Å². The maximum atomic E-state index is 4.33. The summed E-state index contributed by atoms with van der Waals surface area (Å²) < 4.78 is 3.00. The van der Waals surface area contributed by atoms with Gasteiger partial charge < -0.3 is 5.32 Å². The molecular formula is C11H16BrN3. The smallest absolute Gasteiger partial charge is 0.0739 e. The number of aryl methyl sites for hydroxylation is 2. The highest BCUT2D eigenvalue weighted by Crippen LogP contribution is 2.19. The lowest BCUT2D eigenvalue weighted by atomic mass is 10.3. The summed E-state index contributed by atoms with van der Waals surface area (Å²) in [5, 5.41) is 7.67. The molecule has 1 aromatic rings. The molecule has 0 saturated carbocycles. The quantitative estimate of drug-likeness (QED) is 0.670. The summed E-state index contributed by atoms with van der Waals surface area (Å²) in [6.45, 7) is 5.60. The van der Waals surface area contributed by atoms with Crippen molar-refractivity contribution >= 4 is 15.9 Å². The summed E-state index contributed by atoms with van der Waals surface area (Å²) >= 11 is 3.53. The number of rotatable bonds is 4. The van der Waals surface area contributed by atoms with Crippen LogP contribution in [0.1, 0.15) is 24.7 Å². The van der Waals surface area contributed by atoms with Crippen molar-refractivity contribution in [3.63, 3.8) is 0 Å². The maximum Gasteiger partial charge on any atom is 0.0739 e. The van der Waals surface area contributed by atoms with Crippen LogP contribution in [-0.2, 0) is 13.6 Å². The van der Waals surface area contributed by atoms with Gasteiger partial charge in [-0.25, -0.2) is 0 Å². The van der Waals surface area contributed by atoms with Crippen LogP contribution in [0, 0.1) is 18.8 Å². The van der Waals surface area contributed by atoms with E-state index < -0.39 is 0 Å². The molecule has 0 aliphatic heterocycles. The number of nitrogens with one attached hydrogen (secondary N) is 1. The summed E-state index contributed by atoms with van der Waals surface area (Å²) in [6, 6.07) is 0. The Balaban J connectivity index is 2.46.